The molecular formula is C10H14O3. The van der Waals surface area contributed by atoms with Crippen molar-refractivity contribution in [2.24, 2.45) is 23.7 Å². The molecule has 3 heteroatoms. The van der Waals surface area contributed by atoms with Crippen LogP contribution < -0.4 is 0 Å². The van der Waals surface area contributed by atoms with Crippen LogP contribution in [0, 0.1) is 23.7 Å². The van der Waals surface area contributed by atoms with Crippen LogP contribution in [0.5, 0.6) is 0 Å². The van der Waals surface area contributed by atoms with Gasteiger partial charge in [0.25, 0.3) is 0 Å². The molecule has 1 aliphatic heterocycles. The molecule has 0 spiro atoms. The number of ketones is 1. The lowest BCUT2D eigenvalue weighted by Gasteiger charge is -2.31. The van der Waals surface area contributed by atoms with Crippen LogP contribution in [0.2, 0.25) is 0 Å². The Hall–Kier alpha value is -0.860. The van der Waals surface area contributed by atoms with Crippen molar-refractivity contribution in [1.29, 1.82) is 0 Å². The Morgan fingerprint density at radius 2 is 2.00 bits per heavy atom. The molecule has 0 aromatic rings. The Morgan fingerprint density at radius 1 is 1.31 bits per heavy atom. The number of cyclic esters (lactones) is 1. The molecule has 2 fully saturated rings. The molecule has 1 saturated carbocycles. The van der Waals surface area contributed by atoms with Crippen LogP contribution >= 0.6 is 0 Å². The Balaban J connectivity index is 2.26. The highest BCUT2D eigenvalue weighted by molar-refractivity contribution is 5.86. The summed E-state index contributed by atoms with van der Waals surface area (Å²) >= 11 is 0. The number of Topliss-reactive ketones (excluding diaryl/α,β-unsaturated/α-hetero) is 1. The highest BCUT2D eigenvalue weighted by atomic mass is 16.5. The predicted octanol–water partition coefficient (Wildman–Crippen LogP) is 1.02. The molecule has 4 atom stereocenters. The van der Waals surface area contributed by atoms with E-state index in [1.807, 2.05) is 13.8 Å². The van der Waals surface area contributed by atoms with E-state index in [0.717, 1.165) is 0 Å². The van der Waals surface area contributed by atoms with E-state index in [0.29, 0.717) is 13.0 Å². The summed E-state index contributed by atoms with van der Waals surface area (Å²) in [6.07, 6.45) is 0.539. The molecule has 0 radical (unpaired) electrons. The quantitative estimate of drug-likeness (QED) is 0.525. The van der Waals surface area contributed by atoms with Crippen molar-refractivity contribution >= 4 is 11.8 Å². The Bertz CT molecular complexity index is 257. The molecule has 0 amide bonds. The van der Waals surface area contributed by atoms with Crippen molar-refractivity contribution in [2.45, 2.75) is 20.3 Å². The fraction of sp³-hybridized carbons (Fsp3) is 0.800. The van der Waals surface area contributed by atoms with Gasteiger partial charge in [-0.25, -0.2) is 0 Å². The van der Waals surface area contributed by atoms with E-state index >= 15 is 0 Å². The van der Waals surface area contributed by atoms with Crippen molar-refractivity contribution in [2.75, 3.05) is 6.61 Å². The highest BCUT2D eigenvalue weighted by Crippen LogP contribution is 2.41. The van der Waals surface area contributed by atoms with Gasteiger partial charge in [-0.1, -0.05) is 13.8 Å². The average Bonchev–Trinajstić information content (AvgIpc) is 2.44. The van der Waals surface area contributed by atoms with Gasteiger partial charge in [0.15, 0.2) is 0 Å². The molecule has 3 nitrogen and oxygen atoms in total. The smallest absolute Gasteiger partial charge is 0.309 e. The number of rotatable bonds is 0. The van der Waals surface area contributed by atoms with E-state index in [1.54, 1.807) is 0 Å². The second-order valence-corrected chi connectivity index (χ2v) is 4.26. The van der Waals surface area contributed by atoms with Gasteiger partial charge in [0, 0.05) is 18.3 Å². The van der Waals surface area contributed by atoms with E-state index in [4.69, 9.17) is 4.74 Å². The summed E-state index contributed by atoms with van der Waals surface area (Å²) in [5.74, 6) is 0.483. The number of carbonyl (C=O) groups excluding carboxylic acids is 2. The van der Waals surface area contributed by atoms with E-state index < -0.39 is 0 Å². The van der Waals surface area contributed by atoms with Crippen molar-refractivity contribution in [3.63, 3.8) is 0 Å². The van der Waals surface area contributed by atoms with Crippen molar-refractivity contribution in [3.05, 3.63) is 0 Å². The number of hydrogen-bond donors (Lipinski definition) is 0. The first-order valence-corrected chi connectivity index (χ1v) is 4.80. The third-order valence-electron chi connectivity index (χ3n) is 3.44. The lowest BCUT2D eigenvalue weighted by atomic mass is 9.68. The molecule has 1 aliphatic carbocycles. The van der Waals surface area contributed by atoms with Crippen molar-refractivity contribution < 1.29 is 14.3 Å². The molecule has 0 bridgehead atoms. The first kappa shape index (κ1) is 8.73. The number of ether oxygens (including phenoxy) is 1. The Kier molecular flexibility index (Phi) is 1.90. The minimum absolute atomic E-state index is 0.00708. The van der Waals surface area contributed by atoms with Crippen molar-refractivity contribution in [3.8, 4) is 0 Å². The summed E-state index contributed by atoms with van der Waals surface area (Å²) in [5.41, 5.74) is 0. The van der Waals surface area contributed by atoms with Crippen LogP contribution in [-0.2, 0) is 14.3 Å². The number of hydrogen-bond acceptors (Lipinski definition) is 3. The summed E-state index contributed by atoms with van der Waals surface area (Å²) in [5, 5.41) is 0. The molecule has 0 N–H and O–H groups in total. The zero-order chi connectivity index (χ0) is 9.59. The molecule has 0 aromatic carbocycles. The molecule has 1 saturated heterocycles. The Labute approximate surface area is 77.4 Å². The van der Waals surface area contributed by atoms with Crippen LogP contribution in [0.4, 0.5) is 0 Å². The van der Waals surface area contributed by atoms with Gasteiger partial charge in [-0.15, -0.1) is 0 Å². The topological polar surface area (TPSA) is 43.4 Å². The summed E-state index contributed by atoms with van der Waals surface area (Å²) in [4.78, 5) is 22.8. The maximum atomic E-state index is 11.5. The maximum Gasteiger partial charge on any atom is 0.309 e. The zero-order valence-electron chi connectivity index (χ0n) is 7.95. The van der Waals surface area contributed by atoms with Gasteiger partial charge in [-0.3, -0.25) is 9.59 Å². The van der Waals surface area contributed by atoms with E-state index in [-0.39, 0.29) is 35.4 Å². The largest absolute Gasteiger partial charge is 0.465 e. The second kappa shape index (κ2) is 2.82. The van der Waals surface area contributed by atoms with Gasteiger partial charge in [0.1, 0.15) is 5.78 Å². The normalized spacial score (nSPS) is 44.5. The Morgan fingerprint density at radius 3 is 2.69 bits per heavy atom. The molecule has 2 rings (SSSR count). The van der Waals surface area contributed by atoms with Gasteiger partial charge >= 0.3 is 5.97 Å². The molecule has 0 unspecified atom stereocenters. The molecule has 13 heavy (non-hydrogen) atoms. The van der Waals surface area contributed by atoms with Crippen LogP contribution in [0.3, 0.4) is 0 Å². The molecule has 0 aromatic heterocycles. The summed E-state index contributed by atoms with van der Waals surface area (Å²) < 4.78 is 5.00. The van der Waals surface area contributed by atoms with Gasteiger partial charge in [-0.2, -0.15) is 0 Å². The minimum atomic E-state index is -0.100. The van der Waals surface area contributed by atoms with E-state index in [9.17, 15) is 9.59 Å². The lowest BCUT2D eigenvalue weighted by molar-refractivity contribution is -0.143. The SMILES string of the molecule is C[C@@H]1C(=O)C[C@H](C)[C@H]2C(=O)OC[C@H]21. The molecule has 2 aliphatic rings. The monoisotopic (exact) mass is 182 g/mol. The van der Waals surface area contributed by atoms with Crippen LogP contribution in [0.15, 0.2) is 0 Å². The molecular weight excluding hydrogens is 168 g/mol. The minimum Gasteiger partial charge on any atom is -0.465 e. The standard InChI is InChI=1S/C10H14O3/c1-5-3-8(11)6(2)7-4-13-10(12)9(5)7/h5-7,9H,3-4H2,1-2H3/t5-,6-,7-,9+/m0/s1. The number of fused-ring (bicyclic) bond motifs is 1. The predicted molar refractivity (Wildman–Crippen MR) is 45.9 cm³/mol. The number of esters is 1. The van der Waals surface area contributed by atoms with E-state index in [1.165, 1.54) is 0 Å². The fourth-order valence-corrected chi connectivity index (χ4v) is 2.53. The fourth-order valence-electron chi connectivity index (χ4n) is 2.53. The summed E-state index contributed by atoms with van der Waals surface area (Å²) in [6, 6.07) is 0. The van der Waals surface area contributed by atoms with Crippen molar-refractivity contribution in [1.82, 2.24) is 0 Å². The average molecular weight is 182 g/mol. The van der Waals surface area contributed by atoms with Gasteiger partial charge in [0.05, 0.1) is 12.5 Å². The zero-order valence-corrected chi connectivity index (χ0v) is 7.95. The first-order chi connectivity index (χ1) is 6.11. The second-order valence-electron chi connectivity index (χ2n) is 4.26. The number of carbonyl (C=O) groups is 2. The summed E-state index contributed by atoms with van der Waals surface area (Å²) in [7, 11) is 0. The van der Waals surface area contributed by atoms with Crippen LogP contribution in [0.1, 0.15) is 20.3 Å². The molecule has 72 valence electrons. The van der Waals surface area contributed by atoms with Gasteiger partial charge in [-0.05, 0) is 5.92 Å². The van der Waals surface area contributed by atoms with Gasteiger partial charge in [0.2, 0.25) is 0 Å². The first-order valence-electron chi connectivity index (χ1n) is 4.80. The molecule has 1 heterocycles. The summed E-state index contributed by atoms with van der Waals surface area (Å²) in [6.45, 7) is 4.32. The van der Waals surface area contributed by atoms with Crippen LogP contribution in [0.25, 0.3) is 0 Å². The third kappa shape index (κ3) is 1.18. The lowest BCUT2D eigenvalue weighted by Crippen LogP contribution is -2.38. The maximum absolute atomic E-state index is 11.5. The van der Waals surface area contributed by atoms with Gasteiger partial charge < -0.3 is 4.74 Å². The highest BCUT2D eigenvalue weighted by Gasteiger charge is 2.48. The van der Waals surface area contributed by atoms with Crippen LogP contribution in [-0.4, -0.2) is 18.4 Å². The third-order valence-corrected chi connectivity index (χ3v) is 3.44. The van der Waals surface area contributed by atoms with E-state index in [2.05, 4.69) is 0 Å².